The maximum atomic E-state index is 12.1. The van der Waals surface area contributed by atoms with Gasteiger partial charge in [0.2, 0.25) is 5.91 Å². The number of nitrogens with zero attached hydrogens (tertiary/aromatic N) is 3. The van der Waals surface area contributed by atoms with Crippen LogP contribution in [0.5, 0.6) is 0 Å². The summed E-state index contributed by atoms with van der Waals surface area (Å²) in [6.07, 6.45) is 13.6. The van der Waals surface area contributed by atoms with Crippen molar-refractivity contribution in [1.29, 1.82) is 0 Å². The number of ether oxygens (including phenoxy) is 1. The van der Waals surface area contributed by atoms with Crippen LogP contribution >= 0.6 is 11.9 Å². The zero-order chi connectivity index (χ0) is 46.7. The zero-order valence-corrected chi connectivity index (χ0v) is 40.4. The van der Waals surface area contributed by atoms with Crippen LogP contribution < -0.4 is 26.0 Å². The van der Waals surface area contributed by atoms with Gasteiger partial charge in [-0.15, -0.1) is 0 Å². The second-order valence-electron chi connectivity index (χ2n) is 16.0. The van der Waals surface area contributed by atoms with Crippen LogP contribution in [0.1, 0.15) is 111 Å². The van der Waals surface area contributed by atoms with Gasteiger partial charge in [-0.25, -0.2) is 9.79 Å². The number of aromatic nitrogens is 1. The Hall–Kier alpha value is -4.92. The molecule has 5 aliphatic rings. The van der Waals surface area contributed by atoms with E-state index in [2.05, 4.69) is 92.5 Å². The summed E-state index contributed by atoms with van der Waals surface area (Å²) in [5, 5.41) is 19.9. The predicted molar refractivity (Wildman–Crippen MR) is 260 cm³/mol. The largest absolute Gasteiger partial charge is 0.453 e. The minimum absolute atomic E-state index is 0.00194. The van der Waals surface area contributed by atoms with Crippen LogP contribution in [0.15, 0.2) is 64.7 Å². The molecule has 3 atom stereocenters. The van der Waals surface area contributed by atoms with Gasteiger partial charge >= 0.3 is 6.09 Å². The number of hydrogen-bond donors (Lipinski definition) is 6. The second-order valence-corrected chi connectivity index (χ2v) is 16.9. The fraction of sp³-hybridized carbons (Fsp3) is 0.531. The molecule has 2 aromatic carbocycles. The van der Waals surface area contributed by atoms with E-state index in [0.717, 1.165) is 68.8 Å². The monoisotopic (exact) mass is 887 g/mol. The van der Waals surface area contributed by atoms with Gasteiger partial charge in [0.1, 0.15) is 24.8 Å². The molecule has 3 aromatic rings. The second kappa shape index (κ2) is 26.0. The van der Waals surface area contributed by atoms with E-state index in [1.165, 1.54) is 71.1 Å². The summed E-state index contributed by atoms with van der Waals surface area (Å²) >= 11 is 1.64. The van der Waals surface area contributed by atoms with Crippen molar-refractivity contribution >= 4 is 48.0 Å². The molecule has 0 radical (unpaired) electrons. The number of hydrogen-bond acceptors (Lipinski definition) is 12. The van der Waals surface area contributed by atoms with Crippen LogP contribution in [0.4, 0.5) is 10.5 Å². The molecule has 1 aromatic heterocycles. The van der Waals surface area contributed by atoms with E-state index in [-0.39, 0.29) is 18.0 Å². The molecule has 2 fully saturated rings. The molecule has 3 aliphatic heterocycles. The highest BCUT2D eigenvalue weighted by Gasteiger charge is 2.42. The third-order valence-electron chi connectivity index (χ3n) is 11.9. The fourth-order valence-corrected chi connectivity index (χ4v) is 9.28. The summed E-state index contributed by atoms with van der Waals surface area (Å²) in [6.45, 7) is 19.6. The number of fused-ring (bicyclic) bond motifs is 2. The van der Waals surface area contributed by atoms with Crippen LogP contribution in [0.3, 0.4) is 0 Å². The average Bonchev–Trinajstić information content (AvgIpc) is 4.19. The summed E-state index contributed by atoms with van der Waals surface area (Å²) in [5.41, 5.74) is 11.6. The zero-order valence-electron chi connectivity index (χ0n) is 39.6. The number of carbonyl (C=O) groups is 3. The molecular weight excluding hydrogens is 813 g/mol. The van der Waals surface area contributed by atoms with E-state index >= 15 is 0 Å². The first-order chi connectivity index (χ1) is 30.6. The molecule has 13 nitrogen and oxygen atoms in total. The SMILES string of the molecule is C=O.CC.CC.CN[C@H](C)C1NC=C(c2ccc(-c3ncc(-c4ccc5c(c4)N=C(C)NS5)c4c3CC3(CCCC3)C4)cc2)N1.CO.COC(=O)NC(C(=O)N1CCCC1)C(C)C. The van der Waals surface area contributed by atoms with E-state index in [1.54, 1.807) is 16.8 Å². The summed E-state index contributed by atoms with van der Waals surface area (Å²) in [5.74, 6) is 1.01. The van der Waals surface area contributed by atoms with Gasteiger partial charge in [-0.3, -0.25) is 9.78 Å². The Morgan fingerprint density at radius 3 is 2.13 bits per heavy atom. The highest BCUT2D eigenvalue weighted by Crippen LogP contribution is 2.53. The average molecular weight is 887 g/mol. The first-order valence-electron chi connectivity index (χ1n) is 22.6. The number of likely N-dealkylation sites (tertiary alicyclic amines) is 1. The molecule has 1 saturated carbocycles. The van der Waals surface area contributed by atoms with Crippen LogP contribution in [0.2, 0.25) is 0 Å². The lowest BCUT2D eigenvalue weighted by atomic mass is 9.82. The number of aliphatic imine (C=N–C) groups is 1. The number of amidine groups is 1. The van der Waals surface area contributed by atoms with Crippen LogP contribution in [-0.4, -0.2) is 92.2 Å². The van der Waals surface area contributed by atoms with E-state index in [0.29, 0.717) is 11.5 Å². The number of likely N-dealkylation sites (N-methyl/N-ethyl adjacent to an activating group) is 1. The van der Waals surface area contributed by atoms with Gasteiger partial charge < -0.3 is 45.5 Å². The first kappa shape index (κ1) is 52.4. The van der Waals surface area contributed by atoms with Gasteiger partial charge in [0.25, 0.3) is 0 Å². The van der Waals surface area contributed by atoms with E-state index in [9.17, 15) is 9.59 Å². The van der Waals surface area contributed by atoms with Gasteiger partial charge in [0.05, 0.1) is 29.1 Å². The molecule has 4 heterocycles. The standard InChI is InChI=1S/C32H36N6S.C11H20N2O3.2C2H6.CH4O.CH2O/c1-19(33-3)31-35-18-28(37-31)21-6-8-22(9-7-21)30-25-16-32(12-4-5-13-32)15-24(25)26(17-34-30)23-10-11-29-27(14-23)36-20(2)38-39-29;1-8(2)9(12-11(15)16-3)10(14)13-6-4-5-7-13;4*1-2/h6-11,14,17-19,31,33,35,37H,4-5,12-13,15-16H2,1-3H3,(H,36,38);8-9H,4-7H2,1-3H3,(H,12,15);2*1-2H3;2H,1H3;1H2/t19-,31?;;;;;/m1...../s1. The molecule has 1 spiro atoms. The lowest BCUT2D eigenvalue weighted by molar-refractivity contribution is -0.133. The fourth-order valence-electron chi connectivity index (χ4n) is 8.63. The van der Waals surface area contributed by atoms with Crippen LogP contribution in [-0.2, 0) is 27.2 Å². The molecule has 346 valence electrons. The molecule has 2 unspecified atom stereocenters. The number of carbonyl (C=O) groups excluding carboxylic acids is 3. The van der Waals surface area contributed by atoms with Crippen molar-refractivity contribution in [2.75, 3.05) is 34.4 Å². The molecule has 8 rings (SSSR count). The highest BCUT2D eigenvalue weighted by molar-refractivity contribution is 7.98. The van der Waals surface area contributed by atoms with E-state index < -0.39 is 12.1 Å². The van der Waals surface area contributed by atoms with Crippen molar-refractivity contribution in [3.63, 3.8) is 0 Å². The Morgan fingerprint density at radius 2 is 1.52 bits per heavy atom. The quantitative estimate of drug-likeness (QED) is 0.120. The van der Waals surface area contributed by atoms with Crippen LogP contribution in [0.25, 0.3) is 28.1 Å². The number of amides is 2. The number of pyridine rings is 1. The topological polar surface area (TPSA) is 169 Å². The van der Waals surface area contributed by atoms with Gasteiger partial charge in [-0.1, -0.05) is 84.7 Å². The summed E-state index contributed by atoms with van der Waals surface area (Å²) < 4.78 is 7.79. The number of alkyl carbamates (subject to hydrolysis) is 1. The third kappa shape index (κ3) is 13.1. The third-order valence-corrected chi connectivity index (χ3v) is 12.8. The Labute approximate surface area is 381 Å². The highest BCUT2D eigenvalue weighted by atomic mass is 32.2. The van der Waals surface area contributed by atoms with Gasteiger partial charge in [0, 0.05) is 49.8 Å². The van der Waals surface area contributed by atoms with E-state index in [1.807, 2.05) is 62.3 Å². The van der Waals surface area contributed by atoms with Gasteiger partial charge in [-0.2, -0.15) is 0 Å². The molecule has 0 bridgehead atoms. The molecule has 2 aliphatic carbocycles. The van der Waals surface area contributed by atoms with Crippen molar-refractivity contribution in [2.45, 2.75) is 130 Å². The van der Waals surface area contributed by atoms with Crippen molar-refractivity contribution in [2.24, 2.45) is 16.3 Å². The summed E-state index contributed by atoms with van der Waals surface area (Å²) in [6, 6.07) is 15.5. The molecule has 1 saturated heterocycles. The predicted octanol–water partition coefficient (Wildman–Crippen LogP) is 8.63. The van der Waals surface area contributed by atoms with Crippen molar-refractivity contribution < 1.29 is 24.2 Å². The number of rotatable bonds is 8. The number of nitrogens with one attached hydrogen (secondary N) is 5. The van der Waals surface area contributed by atoms with Gasteiger partial charge in [-0.05, 0) is 117 Å². The Morgan fingerprint density at radius 1 is 0.921 bits per heavy atom. The Balaban J connectivity index is 0.000000371. The molecule has 14 heteroatoms. The van der Waals surface area contributed by atoms with Crippen molar-refractivity contribution in [3.05, 3.63) is 71.6 Å². The Kier molecular flexibility index (Phi) is 21.6. The maximum absolute atomic E-state index is 12.1. The minimum atomic E-state index is -0.550. The lowest BCUT2D eigenvalue weighted by Crippen LogP contribution is -2.50. The first-order valence-corrected chi connectivity index (χ1v) is 23.4. The lowest BCUT2D eigenvalue weighted by Gasteiger charge is -2.26. The number of benzene rings is 2. The smallest absolute Gasteiger partial charge is 0.407 e. The Bertz CT molecular complexity index is 1980. The normalized spacial score (nSPS) is 18.0. The molecule has 63 heavy (non-hydrogen) atoms. The van der Waals surface area contributed by atoms with E-state index in [4.69, 9.17) is 19.9 Å². The molecular formula is C49H74N8O5S. The molecule has 2 amide bonds. The molecule has 6 N–H and O–H groups in total. The van der Waals surface area contributed by atoms with Gasteiger partial charge in [0.15, 0.2) is 0 Å². The summed E-state index contributed by atoms with van der Waals surface area (Å²) in [7, 11) is 4.29. The van der Waals surface area contributed by atoms with Crippen LogP contribution in [0, 0.1) is 11.3 Å². The van der Waals surface area contributed by atoms with Crippen molar-refractivity contribution in [1.82, 2.24) is 35.9 Å². The minimum Gasteiger partial charge on any atom is -0.453 e. The number of aliphatic hydroxyl groups excluding tert-OH is 1. The maximum Gasteiger partial charge on any atom is 0.407 e. The van der Waals surface area contributed by atoms with Crippen molar-refractivity contribution in [3.8, 4) is 22.4 Å². The number of aliphatic hydroxyl groups is 1. The summed E-state index contributed by atoms with van der Waals surface area (Å²) in [4.78, 5) is 44.1. The number of methoxy groups -OCH3 is 1.